The summed E-state index contributed by atoms with van der Waals surface area (Å²) in [5.74, 6) is 0.637. The highest BCUT2D eigenvalue weighted by atomic mass is 32.1. The molecule has 3 aromatic heterocycles. The molecule has 4 heteroatoms. The van der Waals surface area contributed by atoms with E-state index in [4.69, 9.17) is 9.97 Å². The molecule has 0 saturated carbocycles. The Morgan fingerprint density at radius 3 is 1.78 bits per heavy atom. The van der Waals surface area contributed by atoms with Crippen LogP contribution in [0.3, 0.4) is 0 Å². The predicted molar refractivity (Wildman–Crippen MR) is 279 cm³/mol. The number of allylic oxidation sites excluding steroid dienone is 10. The molecule has 0 aliphatic carbocycles. The third-order valence-electron chi connectivity index (χ3n) is 12.3. The molecule has 0 fully saturated rings. The van der Waals surface area contributed by atoms with Crippen molar-refractivity contribution in [2.75, 3.05) is 0 Å². The minimum Gasteiger partial charge on any atom is -0.308 e. The molecule has 0 aliphatic heterocycles. The van der Waals surface area contributed by atoms with E-state index >= 15 is 0 Å². The van der Waals surface area contributed by atoms with Crippen molar-refractivity contribution >= 4 is 96.8 Å². The van der Waals surface area contributed by atoms with Crippen LogP contribution in [0, 0.1) is 0 Å². The van der Waals surface area contributed by atoms with Gasteiger partial charge in [0.15, 0.2) is 5.82 Å². The molecule has 304 valence electrons. The van der Waals surface area contributed by atoms with Crippen molar-refractivity contribution in [3.05, 3.63) is 225 Å². The largest absolute Gasteiger partial charge is 0.308 e. The van der Waals surface area contributed by atoms with E-state index in [1.165, 1.54) is 85.4 Å². The molecular formula is C60H43N3S. The lowest BCUT2D eigenvalue weighted by atomic mass is 9.94. The van der Waals surface area contributed by atoms with Gasteiger partial charge in [-0.3, -0.25) is 0 Å². The van der Waals surface area contributed by atoms with Gasteiger partial charge in [0, 0.05) is 53.0 Å². The molecule has 11 aromatic rings. The van der Waals surface area contributed by atoms with Gasteiger partial charge in [0.25, 0.3) is 0 Å². The van der Waals surface area contributed by atoms with Gasteiger partial charge in [-0.1, -0.05) is 171 Å². The zero-order valence-corrected chi connectivity index (χ0v) is 36.5. The quantitative estimate of drug-likeness (QED) is 0.107. The highest BCUT2D eigenvalue weighted by Crippen LogP contribution is 2.51. The fourth-order valence-corrected chi connectivity index (χ4v) is 10.8. The van der Waals surface area contributed by atoms with Crippen molar-refractivity contribution in [2.45, 2.75) is 13.8 Å². The average molecular weight is 838 g/mol. The fraction of sp³-hybridized carbons (Fsp3) is 0.0333. The van der Waals surface area contributed by atoms with Crippen molar-refractivity contribution < 1.29 is 0 Å². The smallest absolute Gasteiger partial charge is 0.160 e. The Hall–Kier alpha value is -7.92. The van der Waals surface area contributed by atoms with E-state index in [0.717, 1.165) is 33.8 Å². The molecule has 0 unspecified atom stereocenters. The second kappa shape index (κ2) is 16.1. The number of fused-ring (bicyclic) bond motifs is 15. The summed E-state index contributed by atoms with van der Waals surface area (Å²) < 4.78 is 5.12. The van der Waals surface area contributed by atoms with Gasteiger partial charge in [0.1, 0.15) is 0 Å². The summed E-state index contributed by atoms with van der Waals surface area (Å²) in [6, 6.07) is 55.4. The number of benzene rings is 8. The van der Waals surface area contributed by atoms with Crippen LogP contribution in [-0.2, 0) is 0 Å². The van der Waals surface area contributed by atoms with Gasteiger partial charge < -0.3 is 4.57 Å². The molecule has 3 nitrogen and oxygen atoms in total. The number of hydrogen-bond donors (Lipinski definition) is 0. The van der Waals surface area contributed by atoms with Crippen LogP contribution in [0.1, 0.15) is 25.2 Å². The van der Waals surface area contributed by atoms with Gasteiger partial charge >= 0.3 is 0 Å². The van der Waals surface area contributed by atoms with E-state index in [1.807, 2.05) is 67.7 Å². The summed E-state index contributed by atoms with van der Waals surface area (Å²) in [5, 5.41) is 12.6. The molecule has 11 rings (SSSR count). The molecule has 3 heterocycles. The Bertz CT molecular complexity index is 3820. The van der Waals surface area contributed by atoms with Crippen LogP contribution in [0.5, 0.6) is 0 Å². The van der Waals surface area contributed by atoms with Crippen molar-refractivity contribution in [1.82, 2.24) is 14.5 Å². The number of aromatic nitrogens is 3. The topological polar surface area (TPSA) is 30.7 Å². The summed E-state index contributed by atoms with van der Waals surface area (Å²) in [4.78, 5) is 10.3. The first-order valence-electron chi connectivity index (χ1n) is 21.7. The summed E-state index contributed by atoms with van der Waals surface area (Å²) in [6.07, 6.45) is 15.8. The van der Waals surface area contributed by atoms with E-state index in [9.17, 15) is 0 Å². The molecule has 0 bridgehead atoms. The molecule has 0 radical (unpaired) electrons. The standard InChI is InChI=1S/C60H43N3S/c1-5-9-21-38(8-4)51-37-52(40(19-6-2)20-7-3)62-60(61-51)41-30-33-43(34-31-41)63-57-48-28-17-14-25-45(48)44-24-13-15-26-46(44)55(57)56-58(63)49-29-18-16-27-47(49)54-50-36-42(39-22-11-10-12-23-39)32-35-53(50)64-59(54)56/h5-37H,2,4H2,1,3H3/b9-5-,20-7-,38-21+,40-19+. The number of rotatable bonds is 9. The van der Waals surface area contributed by atoms with Gasteiger partial charge in [-0.25, -0.2) is 9.97 Å². The molecule has 0 atom stereocenters. The third kappa shape index (κ3) is 6.25. The van der Waals surface area contributed by atoms with Crippen molar-refractivity contribution in [2.24, 2.45) is 0 Å². The summed E-state index contributed by atoms with van der Waals surface area (Å²) in [6.45, 7) is 12.1. The summed E-state index contributed by atoms with van der Waals surface area (Å²) >= 11 is 1.91. The third-order valence-corrected chi connectivity index (χ3v) is 13.5. The molecule has 0 amide bonds. The van der Waals surface area contributed by atoms with Crippen LogP contribution >= 0.6 is 11.3 Å². The van der Waals surface area contributed by atoms with Crippen LogP contribution in [0.25, 0.3) is 114 Å². The highest BCUT2D eigenvalue weighted by molar-refractivity contribution is 7.27. The Morgan fingerprint density at radius 1 is 0.516 bits per heavy atom. The molecule has 8 aromatic carbocycles. The van der Waals surface area contributed by atoms with Gasteiger partial charge in [-0.2, -0.15) is 0 Å². The molecular weight excluding hydrogens is 795 g/mol. The Balaban J connectivity index is 1.23. The molecule has 0 spiro atoms. The minimum absolute atomic E-state index is 0.637. The first-order chi connectivity index (χ1) is 31.6. The second-order valence-corrected chi connectivity index (χ2v) is 17.1. The van der Waals surface area contributed by atoms with Crippen LogP contribution < -0.4 is 0 Å². The lowest BCUT2D eigenvalue weighted by molar-refractivity contribution is 1.13. The highest BCUT2D eigenvalue weighted by Gasteiger charge is 2.25. The van der Waals surface area contributed by atoms with Crippen LogP contribution in [-0.4, -0.2) is 14.5 Å². The maximum absolute atomic E-state index is 5.16. The number of hydrogen-bond acceptors (Lipinski definition) is 3. The maximum Gasteiger partial charge on any atom is 0.160 e. The van der Waals surface area contributed by atoms with E-state index in [2.05, 4.69) is 169 Å². The zero-order valence-electron chi connectivity index (χ0n) is 35.7. The van der Waals surface area contributed by atoms with Gasteiger partial charge in [0.05, 0.1) is 22.4 Å². The number of thiophene rings is 1. The first-order valence-corrected chi connectivity index (χ1v) is 22.5. The van der Waals surface area contributed by atoms with E-state index < -0.39 is 0 Å². The fourth-order valence-electron chi connectivity index (χ4n) is 9.57. The molecule has 0 aliphatic rings. The summed E-state index contributed by atoms with van der Waals surface area (Å²) in [5.41, 5.74) is 10.3. The van der Waals surface area contributed by atoms with Gasteiger partial charge in [-0.05, 0) is 100 Å². The average Bonchev–Trinajstić information content (AvgIpc) is 3.92. The maximum atomic E-state index is 5.16. The van der Waals surface area contributed by atoms with Crippen LogP contribution in [0.2, 0.25) is 0 Å². The molecule has 0 N–H and O–H groups in total. The SMILES string of the molecule is C=C/C=C(\C=C/C)c1cc(/C(C=C)=C/C=C\C)nc(-c2ccc(-n3c4c5ccccc5c5ccccc5c4c4c5sc6ccc(-c7ccccc7)cc6c5c5ccccc5c43)cc2)n1. The molecule has 64 heavy (non-hydrogen) atoms. The minimum atomic E-state index is 0.637. The van der Waals surface area contributed by atoms with Crippen molar-refractivity contribution in [3.8, 4) is 28.2 Å². The number of nitrogens with zero attached hydrogens (tertiary/aromatic N) is 3. The molecule has 0 saturated heterocycles. The van der Waals surface area contributed by atoms with E-state index in [1.54, 1.807) is 6.08 Å². The first kappa shape index (κ1) is 39.0. The monoisotopic (exact) mass is 837 g/mol. The Kier molecular flexibility index (Phi) is 9.79. The second-order valence-electron chi connectivity index (χ2n) is 16.0. The van der Waals surface area contributed by atoms with Gasteiger partial charge in [-0.15, -0.1) is 11.3 Å². The Morgan fingerprint density at radius 2 is 1.11 bits per heavy atom. The van der Waals surface area contributed by atoms with Crippen LogP contribution in [0.4, 0.5) is 0 Å². The normalized spacial score (nSPS) is 12.7. The Labute approximate surface area is 376 Å². The summed E-state index contributed by atoms with van der Waals surface area (Å²) in [7, 11) is 0. The van der Waals surface area contributed by atoms with Crippen molar-refractivity contribution in [1.29, 1.82) is 0 Å². The van der Waals surface area contributed by atoms with Gasteiger partial charge in [0.2, 0.25) is 0 Å². The van der Waals surface area contributed by atoms with E-state index in [-0.39, 0.29) is 0 Å². The van der Waals surface area contributed by atoms with Crippen molar-refractivity contribution in [3.63, 3.8) is 0 Å². The zero-order chi connectivity index (χ0) is 43.3. The lowest BCUT2D eigenvalue weighted by Crippen LogP contribution is -2.00. The predicted octanol–water partition coefficient (Wildman–Crippen LogP) is 17.0. The van der Waals surface area contributed by atoms with E-state index in [0.29, 0.717) is 5.82 Å². The lowest BCUT2D eigenvalue weighted by Gasteiger charge is -2.14. The van der Waals surface area contributed by atoms with Crippen LogP contribution in [0.15, 0.2) is 213 Å².